The zero-order chi connectivity index (χ0) is 20.2. The summed E-state index contributed by atoms with van der Waals surface area (Å²) in [5, 5.41) is 7.10. The molecule has 0 spiro atoms. The topological polar surface area (TPSA) is 60.0 Å². The first-order chi connectivity index (χ1) is 12.9. The van der Waals surface area contributed by atoms with Crippen LogP contribution in [0.5, 0.6) is 0 Å². The minimum atomic E-state index is 0. The van der Waals surface area contributed by atoms with Gasteiger partial charge in [0.25, 0.3) is 0 Å². The zero-order valence-electron chi connectivity index (χ0n) is 19.0. The van der Waals surface area contributed by atoms with E-state index in [9.17, 15) is 4.79 Å². The number of carbonyl (C=O) groups is 1. The lowest BCUT2D eigenvalue weighted by Crippen LogP contribution is -2.50. The molecule has 2 N–H and O–H groups in total. The molecule has 1 amide bonds. The number of likely N-dealkylation sites (tertiary alicyclic amines) is 1. The van der Waals surface area contributed by atoms with Crippen molar-refractivity contribution < 1.29 is 4.79 Å². The number of hydrogen-bond acceptors (Lipinski definition) is 3. The van der Waals surface area contributed by atoms with Crippen LogP contribution in [0.4, 0.5) is 0 Å². The van der Waals surface area contributed by atoms with Crippen molar-refractivity contribution in [2.75, 3.05) is 40.3 Å². The number of likely N-dealkylation sites (N-methyl/N-ethyl adjacent to an activating group) is 1. The second-order valence-corrected chi connectivity index (χ2v) is 8.30. The van der Waals surface area contributed by atoms with Crippen LogP contribution in [0.25, 0.3) is 0 Å². The fraction of sp³-hybridized carbons (Fsp3) is 0.905. The Bertz CT molecular complexity index is 448. The molecule has 1 atom stereocenters. The van der Waals surface area contributed by atoms with Crippen molar-refractivity contribution in [2.45, 2.75) is 78.3 Å². The summed E-state index contributed by atoms with van der Waals surface area (Å²) in [5.41, 5.74) is 0. The first kappa shape index (κ1) is 27.4. The monoisotopic (exact) mass is 509 g/mol. The lowest BCUT2D eigenvalue weighted by Gasteiger charge is -2.35. The Balaban J connectivity index is 0.00000729. The highest BCUT2D eigenvalue weighted by Gasteiger charge is 2.21. The van der Waals surface area contributed by atoms with Gasteiger partial charge in [-0.1, -0.05) is 33.1 Å². The van der Waals surface area contributed by atoms with Gasteiger partial charge in [0, 0.05) is 45.8 Å². The Labute approximate surface area is 190 Å². The average molecular weight is 510 g/mol. The second-order valence-electron chi connectivity index (χ2n) is 8.30. The van der Waals surface area contributed by atoms with Crippen molar-refractivity contribution in [3.05, 3.63) is 0 Å². The number of aliphatic imine (C=N–C) groups is 1. The number of halogens is 1. The van der Waals surface area contributed by atoms with Gasteiger partial charge >= 0.3 is 0 Å². The van der Waals surface area contributed by atoms with E-state index in [0.29, 0.717) is 18.0 Å². The Morgan fingerprint density at radius 2 is 1.86 bits per heavy atom. The predicted octanol–water partition coefficient (Wildman–Crippen LogP) is 3.32. The van der Waals surface area contributed by atoms with E-state index in [4.69, 9.17) is 0 Å². The third kappa shape index (κ3) is 10.8. The molecule has 0 radical (unpaired) electrons. The van der Waals surface area contributed by atoms with Crippen LogP contribution in [0.15, 0.2) is 4.99 Å². The molecule has 1 aliphatic heterocycles. The SMILES string of the molecule is CCCCC(CC)CNC(=NCC(=O)N(C)C)NC1CCN(C(C)C)CC1.I. The third-order valence-corrected chi connectivity index (χ3v) is 5.57. The molecule has 1 heterocycles. The quantitative estimate of drug-likeness (QED) is 0.270. The first-order valence-electron chi connectivity index (χ1n) is 10.9. The summed E-state index contributed by atoms with van der Waals surface area (Å²) in [5.74, 6) is 1.48. The van der Waals surface area contributed by atoms with Crippen LogP contribution in [-0.4, -0.2) is 74.0 Å². The molecule has 7 heteroatoms. The molecule has 166 valence electrons. The highest BCUT2D eigenvalue weighted by Crippen LogP contribution is 2.13. The Morgan fingerprint density at radius 1 is 1.21 bits per heavy atom. The number of nitrogens with zero attached hydrogens (tertiary/aromatic N) is 3. The van der Waals surface area contributed by atoms with Crippen LogP contribution in [0.3, 0.4) is 0 Å². The summed E-state index contributed by atoms with van der Waals surface area (Å²) >= 11 is 0. The van der Waals surface area contributed by atoms with Gasteiger partial charge in [0.2, 0.25) is 5.91 Å². The van der Waals surface area contributed by atoms with Crippen LogP contribution >= 0.6 is 24.0 Å². The van der Waals surface area contributed by atoms with Crippen LogP contribution in [0, 0.1) is 5.92 Å². The standard InChI is InChI=1S/C21H43N5O.HI/c1-7-9-10-18(8-2)15-22-21(23-16-20(27)25(5)6)24-19-11-13-26(14-12-19)17(3)4;/h17-19H,7-16H2,1-6H3,(H2,22,23,24);1H. The van der Waals surface area contributed by atoms with Crippen molar-refractivity contribution >= 4 is 35.8 Å². The van der Waals surface area contributed by atoms with E-state index < -0.39 is 0 Å². The lowest BCUT2D eigenvalue weighted by molar-refractivity contribution is -0.127. The molecule has 1 fully saturated rings. The van der Waals surface area contributed by atoms with E-state index in [2.05, 4.69) is 48.2 Å². The van der Waals surface area contributed by atoms with E-state index in [1.807, 2.05) is 0 Å². The van der Waals surface area contributed by atoms with Gasteiger partial charge in [-0.25, -0.2) is 4.99 Å². The molecule has 0 aliphatic carbocycles. The molecule has 1 rings (SSSR count). The molecule has 0 aromatic rings. The predicted molar refractivity (Wildman–Crippen MR) is 131 cm³/mol. The normalized spacial score (nSPS) is 17.2. The number of amides is 1. The molecule has 1 saturated heterocycles. The molecule has 1 aliphatic rings. The second kappa shape index (κ2) is 15.3. The number of nitrogens with one attached hydrogen (secondary N) is 2. The van der Waals surface area contributed by atoms with Crippen LogP contribution < -0.4 is 10.6 Å². The third-order valence-electron chi connectivity index (χ3n) is 5.57. The maximum absolute atomic E-state index is 11.9. The smallest absolute Gasteiger partial charge is 0.243 e. The Morgan fingerprint density at radius 3 is 2.36 bits per heavy atom. The maximum Gasteiger partial charge on any atom is 0.243 e. The minimum Gasteiger partial charge on any atom is -0.356 e. The lowest BCUT2D eigenvalue weighted by atomic mass is 9.99. The molecule has 0 aromatic carbocycles. The number of guanidine groups is 1. The summed E-state index contributed by atoms with van der Waals surface area (Å²) in [6.45, 7) is 12.4. The van der Waals surface area contributed by atoms with Gasteiger partial charge in [-0.2, -0.15) is 0 Å². The van der Waals surface area contributed by atoms with Gasteiger partial charge in [-0.3, -0.25) is 4.79 Å². The molecule has 6 nitrogen and oxygen atoms in total. The molecular weight excluding hydrogens is 465 g/mol. The van der Waals surface area contributed by atoms with Gasteiger partial charge in [0.15, 0.2) is 5.96 Å². The van der Waals surface area contributed by atoms with Crippen LogP contribution in [0.2, 0.25) is 0 Å². The average Bonchev–Trinajstić information content (AvgIpc) is 2.65. The Hall–Kier alpha value is -0.570. The summed E-state index contributed by atoms with van der Waals surface area (Å²) in [7, 11) is 3.55. The van der Waals surface area contributed by atoms with Gasteiger partial charge in [0.05, 0.1) is 0 Å². The molecule has 0 bridgehead atoms. The number of piperidine rings is 1. The molecule has 0 saturated carbocycles. The minimum absolute atomic E-state index is 0. The first-order valence-corrected chi connectivity index (χ1v) is 10.9. The van der Waals surface area contributed by atoms with E-state index in [1.54, 1.807) is 19.0 Å². The van der Waals surface area contributed by atoms with Crippen LogP contribution in [0.1, 0.15) is 66.2 Å². The van der Waals surface area contributed by atoms with Crippen molar-refractivity contribution in [2.24, 2.45) is 10.9 Å². The van der Waals surface area contributed by atoms with Crippen molar-refractivity contribution in [1.29, 1.82) is 0 Å². The molecule has 0 aromatic heterocycles. The van der Waals surface area contributed by atoms with E-state index >= 15 is 0 Å². The summed E-state index contributed by atoms with van der Waals surface area (Å²) in [6.07, 6.45) is 7.16. The van der Waals surface area contributed by atoms with Crippen molar-refractivity contribution in [3.8, 4) is 0 Å². The van der Waals surface area contributed by atoms with Crippen molar-refractivity contribution in [1.82, 2.24) is 20.4 Å². The summed E-state index contributed by atoms with van der Waals surface area (Å²) in [4.78, 5) is 20.6. The summed E-state index contributed by atoms with van der Waals surface area (Å²) in [6, 6.07) is 1.04. The van der Waals surface area contributed by atoms with Gasteiger partial charge < -0.3 is 20.4 Å². The maximum atomic E-state index is 11.9. The van der Waals surface area contributed by atoms with Gasteiger partial charge in [-0.15, -0.1) is 24.0 Å². The van der Waals surface area contributed by atoms with E-state index in [-0.39, 0.29) is 36.4 Å². The molecular formula is C21H44IN5O. The fourth-order valence-corrected chi connectivity index (χ4v) is 3.38. The number of hydrogen-bond donors (Lipinski definition) is 2. The van der Waals surface area contributed by atoms with Crippen LogP contribution in [-0.2, 0) is 4.79 Å². The largest absolute Gasteiger partial charge is 0.356 e. The zero-order valence-corrected chi connectivity index (χ0v) is 21.3. The molecule has 1 unspecified atom stereocenters. The number of unbranched alkanes of at least 4 members (excludes halogenated alkanes) is 1. The Kier molecular flexibility index (Phi) is 15.0. The number of carbonyl (C=O) groups excluding carboxylic acids is 1. The van der Waals surface area contributed by atoms with Gasteiger partial charge in [0.1, 0.15) is 6.54 Å². The van der Waals surface area contributed by atoms with Crippen molar-refractivity contribution in [3.63, 3.8) is 0 Å². The molecule has 28 heavy (non-hydrogen) atoms. The highest BCUT2D eigenvalue weighted by atomic mass is 127. The fourth-order valence-electron chi connectivity index (χ4n) is 3.38. The highest BCUT2D eigenvalue weighted by molar-refractivity contribution is 14.0. The van der Waals surface area contributed by atoms with E-state index in [1.165, 1.54) is 25.7 Å². The summed E-state index contributed by atoms with van der Waals surface area (Å²) < 4.78 is 0. The number of rotatable bonds is 10. The van der Waals surface area contributed by atoms with E-state index in [0.717, 1.165) is 38.4 Å². The van der Waals surface area contributed by atoms with Gasteiger partial charge in [-0.05, 0) is 39.0 Å².